The highest BCUT2D eigenvalue weighted by Crippen LogP contribution is 2.35. The Bertz CT molecular complexity index is 777. The summed E-state index contributed by atoms with van der Waals surface area (Å²) in [4.78, 5) is 37.2. The molecule has 25 heavy (non-hydrogen) atoms. The number of hydrogen-bond acceptors (Lipinski definition) is 4. The highest BCUT2D eigenvalue weighted by atomic mass is 16.5. The zero-order valence-electron chi connectivity index (χ0n) is 14.9. The van der Waals surface area contributed by atoms with Crippen molar-refractivity contribution in [1.82, 2.24) is 0 Å². The molecule has 0 spiro atoms. The number of Topliss-reactive ketones (excluding diaryl/α,β-unsaturated/α-hetero) is 1. The average Bonchev–Trinajstić information content (AvgIpc) is 2.56. The lowest BCUT2D eigenvalue weighted by Crippen LogP contribution is -3.01. The van der Waals surface area contributed by atoms with Crippen LogP contribution in [0.25, 0.3) is 5.57 Å². The maximum absolute atomic E-state index is 12.7. The van der Waals surface area contributed by atoms with Crippen molar-refractivity contribution in [1.29, 1.82) is 0 Å². The Balaban J connectivity index is 2.81. The van der Waals surface area contributed by atoms with Gasteiger partial charge in [-0.3, -0.25) is 14.9 Å². The molecule has 4 N–H and O–H groups in total. The zero-order valence-corrected chi connectivity index (χ0v) is 14.9. The second-order valence-electron chi connectivity index (χ2n) is 6.02. The van der Waals surface area contributed by atoms with Gasteiger partial charge in [0.05, 0.1) is 17.8 Å². The number of esters is 1. The van der Waals surface area contributed by atoms with Crippen LogP contribution in [0.4, 0.5) is 0 Å². The fourth-order valence-electron chi connectivity index (χ4n) is 3.32. The van der Waals surface area contributed by atoms with E-state index in [0.717, 1.165) is 5.56 Å². The molecule has 6 nitrogen and oxygen atoms in total. The molecule has 1 aromatic carbocycles. The van der Waals surface area contributed by atoms with Gasteiger partial charge in [-0.2, -0.15) is 0 Å². The molecule has 2 rings (SSSR count). The number of allylic oxidation sites excluding steroid dienone is 1. The van der Waals surface area contributed by atoms with E-state index in [1.165, 1.54) is 6.92 Å². The van der Waals surface area contributed by atoms with E-state index in [1.807, 2.05) is 30.3 Å². The third kappa shape index (κ3) is 3.00. The van der Waals surface area contributed by atoms with Gasteiger partial charge in [0.1, 0.15) is 5.70 Å². The van der Waals surface area contributed by atoms with Gasteiger partial charge in [-0.05, 0) is 19.4 Å². The topological polar surface area (TPSA) is 103 Å². The molecule has 6 heteroatoms. The van der Waals surface area contributed by atoms with Crippen molar-refractivity contribution in [2.24, 2.45) is 5.73 Å². The lowest BCUT2D eigenvalue weighted by Gasteiger charge is -2.33. The standard InChI is InChI=1S/C19H22N2O4/c1-5-25-17(23)15-11(2)19(13(4)22,18(20)24)21-12(3)16(15)14-9-7-6-8-10-14/h6-10,21H,5H2,1-4H3,(H2,20,24)/p+1. The van der Waals surface area contributed by atoms with Crippen molar-refractivity contribution in [3.8, 4) is 0 Å². The van der Waals surface area contributed by atoms with Gasteiger partial charge in [0.25, 0.3) is 11.4 Å². The van der Waals surface area contributed by atoms with Gasteiger partial charge in [0.15, 0.2) is 0 Å². The van der Waals surface area contributed by atoms with Gasteiger partial charge < -0.3 is 10.5 Å². The Labute approximate surface area is 146 Å². The fourth-order valence-corrected chi connectivity index (χ4v) is 3.32. The number of amides is 1. The molecule has 0 aliphatic carbocycles. The summed E-state index contributed by atoms with van der Waals surface area (Å²) in [5.41, 5.74) is 6.55. The molecule has 0 aromatic heterocycles. The van der Waals surface area contributed by atoms with Crippen LogP contribution in [0.2, 0.25) is 0 Å². The molecule has 132 valence electrons. The predicted octanol–water partition coefficient (Wildman–Crippen LogP) is 0.687. The largest absolute Gasteiger partial charge is 0.462 e. The van der Waals surface area contributed by atoms with Crippen molar-refractivity contribution >= 4 is 23.2 Å². The number of rotatable bonds is 5. The van der Waals surface area contributed by atoms with Crippen LogP contribution in [0.15, 0.2) is 47.2 Å². The average molecular weight is 343 g/mol. The molecule has 0 radical (unpaired) electrons. The summed E-state index contributed by atoms with van der Waals surface area (Å²) < 4.78 is 5.20. The number of carbonyl (C=O) groups is 3. The highest BCUT2D eigenvalue weighted by Gasteiger charge is 2.53. The Hall–Kier alpha value is -2.73. The van der Waals surface area contributed by atoms with E-state index >= 15 is 0 Å². The number of primary amides is 1. The lowest BCUT2D eigenvalue weighted by atomic mass is 9.76. The summed E-state index contributed by atoms with van der Waals surface area (Å²) >= 11 is 0. The number of benzene rings is 1. The van der Waals surface area contributed by atoms with E-state index in [0.29, 0.717) is 16.8 Å². The van der Waals surface area contributed by atoms with Gasteiger partial charge in [0, 0.05) is 19.4 Å². The quantitative estimate of drug-likeness (QED) is 0.606. The van der Waals surface area contributed by atoms with Gasteiger partial charge in [-0.1, -0.05) is 30.3 Å². The van der Waals surface area contributed by atoms with Crippen LogP contribution in [0.5, 0.6) is 0 Å². The Morgan fingerprint density at radius 1 is 1.16 bits per heavy atom. The Morgan fingerprint density at radius 3 is 2.24 bits per heavy atom. The number of hydrogen-bond donors (Lipinski definition) is 2. The molecule has 0 fully saturated rings. The normalized spacial score (nSPS) is 20.5. The number of ether oxygens (including phenoxy) is 1. The first-order chi connectivity index (χ1) is 11.8. The second-order valence-corrected chi connectivity index (χ2v) is 6.02. The van der Waals surface area contributed by atoms with E-state index in [-0.39, 0.29) is 12.2 Å². The van der Waals surface area contributed by atoms with E-state index in [1.54, 1.807) is 26.1 Å². The van der Waals surface area contributed by atoms with Crippen molar-refractivity contribution in [3.05, 3.63) is 52.7 Å². The van der Waals surface area contributed by atoms with Crippen LogP contribution < -0.4 is 11.1 Å². The summed E-state index contributed by atoms with van der Waals surface area (Å²) in [5, 5.41) is 1.55. The molecule has 1 unspecified atom stereocenters. The van der Waals surface area contributed by atoms with E-state index in [4.69, 9.17) is 10.5 Å². The molecule has 0 saturated heterocycles. The van der Waals surface area contributed by atoms with Crippen LogP contribution in [-0.4, -0.2) is 29.8 Å². The molecule has 1 aliphatic heterocycles. The maximum Gasteiger partial charge on any atom is 0.339 e. The summed E-state index contributed by atoms with van der Waals surface area (Å²) in [6.45, 7) is 6.53. The molecule has 1 amide bonds. The summed E-state index contributed by atoms with van der Waals surface area (Å²) in [6, 6.07) is 9.31. The third-order valence-corrected chi connectivity index (χ3v) is 4.53. The molecule has 1 aliphatic rings. The number of nitrogens with two attached hydrogens (primary N) is 2. The summed E-state index contributed by atoms with van der Waals surface area (Å²) in [7, 11) is 0. The molecule has 1 aromatic rings. The van der Waals surface area contributed by atoms with Crippen molar-refractivity contribution in [2.45, 2.75) is 33.2 Å². The predicted molar refractivity (Wildman–Crippen MR) is 92.9 cm³/mol. The second kappa shape index (κ2) is 7.03. The SMILES string of the molecule is CCOC(=O)C1=C(C)C(C(C)=O)(C(N)=O)[NH2+]C(C)=C1c1ccccc1. The number of carbonyl (C=O) groups excluding carboxylic acids is 3. The highest BCUT2D eigenvalue weighted by molar-refractivity contribution is 6.16. The van der Waals surface area contributed by atoms with Gasteiger partial charge >= 0.3 is 5.97 Å². The molecular weight excluding hydrogens is 320 g/mol. The van der Waals surface area contributed by atoms with Crippen LogP contribution >= 0.6 is 0 Å². The van der Waals surface area contributed by atoms with Gasteiger partial charge in [-0.25, -0.2) is 4.79 Å². The first-order valence-corrected chi connectivity index (χ1v) is 8.09. The third-order valence-electron chi connectivity index (χ3n) is 4.53. The smallest absolute Gasteiger partial charge is 0.339 e. The van der Waals surface area contributed by atoms with Crippen LogP contribution in [0.1, 0.15) is 33.3 Å². The minimum atomic E-state index is -1.63. The van der Waals surface area contributed by atoms with Crippen LogP contribution in [-0.2, 0) is 19.1 Å². The van der Waals surface area contributed by atoms with E-state index in [9.17, 15) is 14.4 Å². The van der Waals surface area contributed by atoms with Gasteiger partial charge in [-0.15, -0.1) is 0 Å². The Morgan fingerprint density at radius 2 is 1.76 bits per heavy atom. The first kappa shape index (κ1) is 18.6. The fraction of sp³-hybridized carbons (Fsp3) is 0.316. The van der Waals surface area contributed by atoms with Crippen molar-refractivity contribution in [3.63, 3.8) is 0 Å². The minimum Gasteiger partial charge on any atom is -0.462 e. The van der Waals surface area contributed by atoms with Crippen molar-refractivity contribution < 1.29 is 24.4 Å². The minimum absolute atomic E-state index is 0.185. The van der Waals surface area contributed by atoms with Gasteiger partial charge in [0.2, 0.25) is 5.78 Å². The monoisotopic (exact) mass is 343 g/mol. The van der Waals surface area contributed by atoms with Crippen LogP contribution in [0, 0.1) is 0 Å². The zero-order chi connectivity index (χ0) is 18.8. The summed E-state index contributed by atoms with van der Waals surface area (Å²) in [5.74, 6) is -1.80. The number of ketones is 1. The molecule has 0 bridgehead atoms. The maximum atomic E-state index is 12.7. The van der Waals surface area contributed by atoms with Crippen LogP contribution in [0.3, 0.4) is 0 Å². The molecular formula is C19H23N2O4+. The number of quaternary nitrogens is 1. The molecule has 1 heterocycles. The first-order valence-electron chi connectivity index (χ1n) is 8.09. The van der Waals surface area contributed by atoms with Crippen molar-refractivity contribution in [2.75, 3.05) is 6.61 Å². The Kier molecular flexibility index (Phi) is 5.23. The molecule has 0 saturated carbocycles. The van der Waals surface area contributed by atoms with E-state index in [2.05, 4.69) is 0 Å². The summed E-state index contributed by atoms with van der Waals surface area (Å²) in [6.07, 6.45) is 0. The molecule has 1 atom stereocenters. The lowest BCUT2D eigenvalue weighted by molar-refractivity contribution is -0.645. The van der Waals surface area contributed by atoms with E-state index < -0.39 is 23.2 Å².